The molecular weight excluding hydrogens is 446 g/mol. The molecule has 1 saturated heterocycles. The van der Waals surface area contributed by atoms with E-state index in [1.807, 2.05) is 13.8 Å². The minimum atomic E-state index is -0.792. The van der Waals surface area contributed by atoms with Crippen LogP contribution in [0.25, 0.3) is 5.76 Å². The maximum atomic E-state index is 13.1. The van der Waals surface area contributed by atoms with Crippen molar-refractivity contribution in [3.05, 3.63) is 64.2 Å². The first-order valence-electron chi connectivity index (χ1n) is 10.7. The molecule has 33 heavy (non-hydrogen) atoms. The number of aliphatic hydroxyl groups is 1. The number of Topliss-reactive ketones (excluding diaryl/α,β-unsaturated/α-hetero) is 1. The molecule has 1 heterocycles. The number of carbonyl (C=O) groups is 2. The number of rotatable bonds is 9. The molecule has 0 spiro atoms. The van der Waals surface area contributed by atoms with Crippen LogP contribution in [0.4, 0.5) is 0 Å². The lowest BCUT2D eigenvalue weighted by Gasteiger charge is -2.26. The number of aliphatic hydroxyl groups excluding tert-OH is 1. The van der Waals surface area contributed by atoms with Gasteiger partial charge in [-0.2, -0.15) is 0 Å². The van der Waals surface area contributed by atoms with Crippen molar-refractivity contribution >= 4 is 29.1 Å². The number of ether oxygens (including phenoxy) is 3. The molecule has 1 atom stereocenters. The molecule has 7 nitrogen and oxygen atoms in total. The van der Waals surface area contributed by atoms with Crippen molar-refractivity contribution in [1.29, 1.82) is 0 Å². The highest BCUT2D eigenvalue weighted by Crippen LogP contribution is 2.42. The van der Waals surface area contributed by atoms with E-state index in [1.165, 1.54) is 12.0 Å². The molecule has 0 bridgehead atoms. The third-order valence-corrected chi connectivity index (χ3v) is 5.52. The first-order valence-corrected chi connectivity index (χ1v) is 11.0. The predicted molar refractivity (Wildman–Crippen MR) is 126 cm³/mol. The molecule has 0 aliphatic carbocycles. The van der Waals surface area contributed by atoms with Crippen LogP contribution in [0, 0.1) is 0 Å². The Bertz CT molecular complexity index is 1050. The van der Waals surface area contributed by atoms with Crippen LogP contribution in [-0.4, -0.2) is 55.2 Å². The highest BCUT2D eigenvalue weighted by molar-refractivity contribution is 6.46. The van der Waals surface area contributed by atoms with Crippen LogP contribution in [-0.2, 0) is 14.3 Å². The van der Waals surface area contributed by atoms with Gasteiger partial charge in [0.05, 0.1) is 24.8 Å². The number of carbonyl (C=O) groups excluding carboxylic acids is 2. The Morgan fingerprint density at radius 1 is 1.09 bits per heavy atom. The molecule has 3 rings (SSSR count). The average molecular weight is 474 g/mol. The number of ketones is 1. The van der Waals surface area contributed by atoms with Gasteiger partial charge in [0.1, 0.15) is 5.76 Å². The van der Waals surface area contributed by atoms with E-state index in [0.717, 1.165) is 0 Å². The second-order valence-corrected chi connectivity index (χ2v) is 8.36. The SMILES string of the molecule is COCCCN1C(=O)C(=O)/C(=C(\O)c2ccc(Cl)cc2)C1c1ccc(OC(C)C)c(OC)c1. The molecular formula is C25H28ClNO6. The summed E-state index contributed by atoms with van der Waals surface area (Å²) in [6.45, 7) is 4.53. The molecule has 1 amide bonds. The van der Waals surface area contributed by atoms with Crippen molar-refractivity contribution in [2.24, 2.45) is 0 Å². The Morgan fingerprint density at radius 2 is 1.79 bits per heavy atom. The van der Waals surface area contributed by atoms with E-state index < -0.39 is 17.7 Å². The molecule has 0 saturated carbocycles. The van der Waals surface area contributed by atoms with E-state index >= 15 is 0 Å². The first kappa shape index (κ1) is 24.6. The van der Waals surface area contributed by atoms with Gasteiger partial charge in [0, 0.05) is 30.8 Å². The quantitative estimate of drug-likeness (QED) is 0.248. The highest BCUT2D eigenvalue weighted by atomic mass is 35.5. The zero-order valence-electron chi connectivity index (χ0n) is 19.1. The largest absolute Gasteiger partial charge is 0.507 e. The fourth-order valence-corrected chi connectivity index (χ4v) is 3.93. The Morgan fingerprint density at radius 3 is 2.39 bits per heavy atom. The van der Waals surface area contributed by atoms with Crippen LogP contribution in [0.3, 0.4) is 0 Å². The van der Waals surface area contributed by atoms with Crippen LogP contribution in [0.5, 0.6) is 11.5 Å². The number of halogens is 1. The van der Waals surface area contributed by atoms with Gasteiger partial charge in [-0.05, 0) is 62.2 Å². The van der Waals surface area contributed by atoms with Gasteiger partial charge in [0.15, 0.2) is 11.5 Å². The molecule has 0 radical (unpaired) electrons. The molecule has 2 aromatic carbocycles. The predicted octanol–water partition coefficient (Wildman–Crippen LogP) is 4.59. The maximum Gasteiger partial charge on any atom is 0.295 e. The van der Waals surface area contributed by atoms with Gasteiger partial charge < -0.3 is 24.2 Å². The molecule has 1 aliphatic rings. The lowest BCUT2D eigenvalue weighted by Crippen LogP contribution is -2.31. The molecule has 1 aliphatic heterocycles. The summed E-state index contributed by atoms with van der Waals surface area (Å²) in [6.07, 6.45) is 0.474. The van der Waals surface area contributed by atoms with Gasteiger partial charge in [0.2, 0.25) is 0 Å². The first-order chi connectivity index (χ1) is 15.8. The van der Waals surface area contributed by atoms with Gasteiger partial charge >= 0.3 is 0 Å². The van der Waals surface area contributed by atoms with Gasteiger partial charge in [-0.25, -0.2) is 0 Å². The van der Waals surface area contributed by atoms with E-state index in [4.69, 9.17) is 25.8 Å². The molecule has 1 fully saturated rings. The zero-order chi connectivity index (χ0) is 24.1. The summed E-state index contributed by atoms with van der Waals surface area (Å²) in [7, 11) is 3.10. The topological polar surface area (TPSA) is 85.3 Å². The summed E-state index contributed by atoms with van der Waals surface area (Å²) in [5, 5.41) is 11.6. The zero-order valence-corrected chi connectivity index (χ0v) is 19.9. The number of nitrogens with zero attached hydrogens (tertiary/aromatic N) is 1. The highest BCUT2D eigenvalue weighted by Gasteiger charge is 2.46. The fraction of sp³-hybridized carbons (Fsp3) is 0.360. The summed E-state index contributed by atoms with van der Waals surface area (Å²) in [6, 6.07) is 10.9. The smallest absolute Gasteiger partial charge is 0.295 e. The molecule has 1 unspecified atom stereocenters. The van der Waals surface area contributed by atoms with Gasteiger partial charge in [-0.15, -0.1) is 0 Å². The lowest BCUT2D eigenvalue weighted by atomic mass is 9.95. The van der Waals surface area contributed by atoms with Crippen LogP contribution >= 0.6 is 11.6 Å². The van der Waals surface area contributed by atoms with Gasteiger partial charge in [-0.3, -0.25) is 9.59 Å². The Labute approximate surface area is 198 Å². The van der Waals surface area contributed by atoms with E-state index in [0.29, 0.717) is 40.7 Å². The summed E-state index contributed by atoms with van der Waals surface area (Å²) < 4.78 is 16.4. The van der Waals surface area contributed by atoms with Crippen molar-refractivity contribution in [3.8, 4) is 11.5 Å². The minimum absolute atomic E-state index is 0.0133. The van der Waals surface area contributed by atoms with Crippen molar-refractivity contribution in [2.75, 3.05) is 27.4 Å². The summed E-state index contributed by atoms with van der Waals surface area (Å²) in [4.78, 5) is 27.5. The van der Waals surface area contributed by atoms with Gasteiger partial charge in [-0.1, -0.05) is 17.7 Å². The van der Waals surface area contributed by atoms with Crippen molar-refractivity contribution in [3.63, 3.8) is 0 Å². The third-order valence-electron chi connectivity index (χ3n) is 5.27. The molecule has 8 heteroatoms. The van der Waals surface area contributed by atoms with E-state index in [1.54, 1.807) is 49.6 Å². The number of likely N-dealkylation sites (tertiary alicyclic amines) is 1. The third kappa shape index (κ3) is 5.31. The van der Waals surface area contributed by atoms with Crippen LogP contribution in [0.2, 0.25) is 5.02 Å². The fourth-order valence-electron chi connectivity index (χ4n) is 3.81. The number of methoxy groups -OCH3 is 2. The molecule has 0 aromatic heterocycles. The lowest BCUT2D eigenvalue weighted by molar-refractivity contribution is -0.140. The van der Waals surface area contributed by atoms with Crippen molar-refractivity contribution in [2.45, 2.75) is 32.4 Å². The normalized spacial score (nSPS) is 17.6. The van der Waals surface area contributed by atoms with Crippen LogP contribution < -0.4 is 9.47 Å². The Balaban J connectivity index is 2.14. The Hall–Kier alpha value is -3.03. The molecule has 1 N–H and O–H groups in total. The number of benzene rings is 2. The molecule has 176 valence electrons. The minimum Gasteiger partial charge on any atom is -0.507 e. The van der Waals surface area contributed by atoms with E-state index in [9.17, 15) is 14.7 Å². The number of hydrogen-bond donors (Lipinski definition) is 1. The van der Waals surface area contributed by atoms with E-state index in [-0.39, 0.29) is 24.0 Å². The maximum absolute atomic E-state index is 13.1. The number of hydrogen-bond acceptors (Lipinski definition) is 6. The van der Waals surface area contributed by atoms with Crippen LogP contribution in [0.1, 0.15) is 37.4 Å². The molecule has 2 aromatic rings. The summed E-state index contributed by atoms with van der Waals surface area (Å²) >= 11 is 5.97. The second kappa shape index (κ2) is 10.7. The summed E-state index contributed by atoms with van der Waals surface area (Å²) in [5.41, 5.74) is 1.03. The Kier molecular flexibility index (Phi) is 8.00. The average Bonchev–Trinajstić information content (AvgIpc) is 3.04. The van der Waals surface area contributed by atoms with Crippen LogP contribution in [0.15, 0.2) is 48.0 Å². The summed E-state index contributed by atoms with van der Waals surface area (Å²) in [5.74, 6) is -0.661. The second-order valence-electron chi connectivity index (χ2n) is 7.92. The number of amides is 1. The van der Waals surface area contributed by atoms with Crippen molar-refractivity contribution in [1.82, 2.24) is 4.90 Å². The van der Waals surface area contributed by atoms with E-state index in [2.05, 4.69) is 0 Å². The standard InChI is InChI=1S/C25H28ClNO6/c1-15(2)33-19-11-8-17(14-20(19)32-4)22-21(23(28)16-6-9-18(26)10-7-16)24(29)25(30)27(22)12-5-13-31-3/h6-11,14-15,22,28H,5,12-13H2,1-4H3/b23-21-. The van der Waals surface area contributed by atoms with Gasteiger partial charge in [0.25, 0.3) is 11.7 Å². The van der Waals surface area contributed by atoms with Crippen molar-refractivity contribution < 1.29 is 28.9 Å². The monoisotopic (exact) mass is 473 g/mol.